The molecule has 0 spiro atoms. The Bertz CT molecular complexity index is 1060. The second kappa shape index (κ2) is 12.3. The molecule has 1 aliphatic heterocycles. The highest BCUT2D eigenvalue weighted by Crippen LogP contribution is 2.33. The van der Waals surface area contributed by atoms with E-state index >= 15 is 0 Å². The first-order chi connectivity index (χ1) is 17.3. The number of anilines is 1. The Kier molecular flexibility index (Phi) is 9.16. The summed E-state index contributed by atoms with van der Waals surface area (Å²) in [6.45, 7) is 6.23. The lowest BCUT2D eigenvalue weighted by molar-refractivity contribution is -0.222. The molecule has 3 rings (SSSR count). The van der Waals surface area contributed by atoms with E-state index in [4.69, 9.17) is 18.9 Å². The molecule has 0 radical (unpaired) electrons. The fourth-order valence-corrected chi connectivity index (χ4v) is 3.88. The van der Waals surface area contributed by atoms with Crippen LogP contribution < -0.4 is 14.8 Å². The van der Waals surface area contributed by atoms with Crippen LogP contribution in [0.4, 0.5) is 5.69 Å². The van der Waals surface area contributed by atoms with Crippen LogP contribution in [-0.4, -0.2) is 48.4 Å². The Labute approximate surface area is 212 Å². The molecule has 0 bridgehead atoms. The SMILES string of the molecule is CCCCCCN(Cc1ccncc1)C(Nc1ccc(OC)cc1OC)=C1C(=O)OC(C)(C)OC1=O. The maximum Gasteiger partial charge on any atom is 0.352 e. The van der Waals surface area contributed by atoms with E-state index in [2.05, 4.69) is 17.2 Å². The molecule has 36 heavy (non-hydrogen) atoms. The van der Waals surface area contributed by atoms with E-state index in [1.54, 1.807) is 37.7 Å². The number of carbonyl (C=O) groups excluding carboxylic acids is 2. The third-order valence-corrected chi connectivity index (χ3v) is 5.70. The first-order valence-electron chi connectivity index (χ1n) is 12.1. The molecule has 0 unspecified atom stereocenters. The number of aromatic nitrogens is 1. The topological polar surface area (TPSA) is 99.2 Å². The van der Waals surface area contributed by atoms with Crippen molar-refractivity contribution < 1.29 is 28.5 Å². The highest BCUT2D eigenvalue weighted by molar-refractivity contribution is 6.16. The zero-order valence-corrected chi connectivity index (χ0v) is 21.6. The normalized spacial score (nSPS) is 14.5. The summed E-state index contributed by atoms with van der Waals surface area (Å²) in [5, 5.41) is 3.28. The molecular formula is C27H35N3O6. The van der Waals surface area contributed by atoms with Crippen molar-refractivity contribution in [3.8, 4) is 11.5 Å². The second-order valence-corrected chi connectivity index (χ2v) is 8.93. The van der Waals surface area contributed by atoms with Gasteiger partial charge in [-0.2, -0.15) is 0 Å². The van der Waals surface area contributed by atoms with Crippen molar-refractivity contribution in [3.63, 3.8) is 0 Å². The van der Waals surface area contributed by atoms with E-state index in [0.29, 0.717) is 30.3 Å². The number of carbonyl (C=O) groups is 2. The van der Waals surface area contributed by atoms with Gasteiger partial charge in [-0.15, -0.1) is 0 Å². The lowest BCUT2D eigenvalue weighted by Gasteiger charge is -2.34. The number of nitrogens with one attached hydrogen (secondary N) is 1. The van der Waals surface area contributed by atoms with E-state index in [-0.39, 0.29) is 11.4 Å². The molecule has 1 aromatic heterocycles. The maximum atomic E-state index is 13.1. The van der Waals surface area contributed by atoms with Gasteiger partial charge in [-0.25, -0.2) is 9.59 Å². The standard InChI is InChI=1S/C27H35N3O6/c1-6-7-8-9-16-30(18-19-12-14-28-15-13-19)24(23-25(31)35-27(2,3)36-26(23)32)29-21-11-10-20(33-4)17-22(21)34-5/h10-15,17,29H,6-9,16,18H2,1-5H3. The number of rotatable bonds is 12. The second-order valence-electron chi connectivity index (χ2n) is 8.93. The number of methoxy groups -OCH3 is 2. The molecule has 1 aliphatic rings. The molecule has 2 aromatic rings. The van der Waals surface area contributed by atoms with E-state index in [9.17, 15) is 9.59 Å². The quantitative estimate of drug-likeness (QED) is 0.195. The molecule has 0 atom stereocenters. The predicted molar refractivity (Wildman–Crippen MR) is 135 cm³/mol. The number of cyclic esters (lactones) is 2. The van der Waals surface area contributed by atoms with Gasteiger partial charge in [-0.3, -0.25) is 4.98 Å². The van der Waals surface area contributed by atoms with Crippen LogP contribution >= 0.6 is 0 Å². The molecule has 1 fully saturated rings. The molecule has 0 saturated carbocycles. The lowest BCUT2D eigenvalue weighted by atomic mass is 10.1. The average molecular weight is 498 g/mol. The summed E-state index contributed by atoms with van der Waals surface area (Å²) >= 11 is 0. The van der Waals surface area contributed by atoms with Gasteiger partial charge in [0, 0.05) is 45.4 Å². The lowest BCUT2D eigenvalue weighted by Crippen LogP contribution is -2.44. The minimum Gasteiger partial charge on any atom is -0.497 e. The molecule has 9 heteroatoms. The van der Waals surface area contributed by atoms with Crippen LogP contribution in [0.2, 0.25) is 0 Å². The van der Waals surface area contributed by atoms with Crippen LogP contribution in [-0.2, 0) is 25.6 Å². The van der Waals surface area contributed by atoms with Crippen LogP contribution in [0, 0.1) is 0 Å². The van der Waals surface area contributed by atoms with Gasteiger partial charge in [0.1, 0.15) is 17.3 Å². The van der Waals surface area contributed by atoms with Gasteiger partial charge >= 0.3 is 11.9 Å². The van der Waals surface area contributed by atoms with Crippen LogP contribution in [0.25, 0.3) is 0 Å². The van der Waals surface area contributed by atoms with Crippen LogP contribution in [0.3, 0.4) is 0 Å². The third kappa shape index (κ3) is 6.90. The molecular weight excluding hydrogens is 462 g/mol. The highest BCUT2D eigenvalue weighted by atomic mass is 16.7. The third-order valence-electron chi connectivity index (χ3n) is 5.70. The summed E-state index contributed by atoms with van der Waals surface area (Å²) in [5.74, 6) is -1.47. The van der Waals surface area contributed by atoms with Crippen molar-refractivity contribution in [3.05, 3.63) is 59.7 Å². The first kappa shape index (κ1) is 26.8. The van der Waals surface area contributed by atoms with Gasteiger partial charge in [0.05, 0.1) is 19.9 Å². The van der Waals surface area contributed by atoms with Gasteiger partial charge in [0.15, 0.2) is 5.57 Å². The molecule has 0 amide bonds. The van der Waals surface area contributed by atoms with Crippen molar-refractivity contribution in [1.82, 2.24) is 9.88 Å². The van der Waals surface area contributed by atoms with Crippen LogP contribution in [0.15, 0.2) is 54.1 Å². The minimum absolute atomic E-state index is 0.197. The van der Waals surface area contributed by atoms with Crippen molar-refractivity contribution >= 4 is 17.6 Å². The molecule has 1 aromatic carbocycles. The Morgan fingerprint density at radius 3 is 2.31 bits per heavy atom. The molecule has 2 heterocycles. The zero-order chi connectivity index (χ0) is 26.1. The zero-order valence-electron chi connectivity index (χ0n) is 21.6. The number of unbranched alkanes of at least 4 members (excludes halogenated alkanes) is 3. The molecule has 9 nitrogen and oxygen atoms in total. The number of hydrogen-bond acceptors (Lipinski definition) is 9. The number of nitrogens with zero attached hydrogens (tertiary/aromatic N) is 2. The largest absolute Gasteiger partial charge is 0.497 e. The Hall–Kier alpha value is -3.75. The van der Waals surface area contributed by atoms with Gasteiger partial charge in [-0.05, 0) is 36.2 Å². The monoisotopic (exact) mass is 497 g/mol. The smallest absolute Gasteiger partial charge is 0.352 e. The van der Waals surface area contributed by atoms with Crippen molar-refractivity contribution in [2.45, 2.75) is 58.8 Å². The average Bonchev–Trinajstić information content (AvgIpc) is 2.85. The molecule has 1 saturated heterocycles. The fourth-order valence-electron chi connectivity index (χ4n) is 3.88. The number of hydrogen-bond donors (Lipinski definition) is 1. The summed E-state index contributed by atoms with van der Waals surface area (Å²) in [4.78, 5) is 32.3. The van der Waals surface area contributed by atoms with E-state index < -0.39 is 17.7 Å². The number of esters is 2. The number of benzene rings is 1. The predicted octanol–water partition coefficient (Wildman–Crippen LogP) is 4.64. The van der Waals surface area contributed by atoms with Crippen LogP contribution in [0.1, 0.15) is 52.0 Å². The number of ether oxygens (including phenoxy) is 4. The summed E-state index contributed by atoms with van der Waals surface area (Å²) in [6.07, 6.45) is 7.48. The molecule has 0 aliphatic carbocycles. The summed E-state index contributed by atoms with van der Waals surface area (Å²) in [7, 11) is 3.11. The van der Waals surface area contributed by atoms with E-state index in [1.807, 2.05) is 17.0 Å². The number of pyridine rings is 1. The summed E-state index contributed by atoms with van der Waals surface area (Å²) in [6, 6.07) is 9.05. The molecule has 194 valence electrons. The highest BCUT2D eigenvalue weighted by Gasteiger charge is 2.42. The van der Waals surface area contributed by atoms with Crippen molar-refractivity contribution in [1.29, 1.82) is 0 Å². The van der Waals surface area contributed by atoms with Gasteiger partial charge in [0.2, 0.25) is 0 Å². The first-order valence-corrected chi connectivity index (χ1v) is 12.1. The Morgan fingerprint density at radius 1 is 1.00 bits per heavy atom. The fraction of sp³-hybridized carbons (Fsp3) is 0.444. The Balaban J connectivity index is 2.09. The van der Waals surface area contributed by atoms with Gasteiger partial charge in [-0.1, -0.05) is 26.2 Å². The van der Waals surface area contributed by atoms with E-state index in [1.165, 1.54) is 21.0 Å². The van der Waals surface area contributed by atoms with Gasteiger partial charge in [0.25, 0.3) is 5.79 Å². The molecule has 1 N–H and O–H groups in total. The van der Waals surface area contributed by atoms with Crippen molar-refractivity contribution in [2.75, 3.05) is 26.1 Å². The summed E-state index contributed by atoms with van der Waals surface area (Å²) in [5.41, 5.74) is 1.33. The Morgan fingerprint density at radius 2 is 1.69 bits per heavy atom. The van der Waals surface area contributed by atoms with Gasteiger partial charge < -0.3 is 29.2 Å². The van der Waals surface area contributed by atoms with Crippen molar-refractivity contribution in [2.24, 2.45) is 0 Å². The van der Waals surface area contributed by atoms with Crippen LogP contribution in [0.5, 0.6) is 11.5 Å². The maximum absolute atomic E-state index is 13.1. The minimum atomic E-state index is -1.35. The summed E-state index contributed by atoms with van der Waals surface area (Å²) < 4.78 is 21.7. The van der Waals surface area contributed by atoms with E-state index in [0.717, 1.165) is 31.2 Å².